The lowest BCUT2D eigenvalue weighted by Crippen LogP contribution is -1.96. The smallest absolute Gasteiger partial charge is 0.240 e. The second-order valence-electron chi connectivity index (χ2n) is 2.98. The second kappa shape index (κ2) is 3.86. The molecule has 0 radical (unpaired) electrons. The number of aromatic hydroxyl groups is 1. The van der Waals surface area contributed by atoms with Gasteiger partial charge in [0.1, 0.15) is 0 Å². The fourth-order valence-electron chi connectivity index (χ4n) is 1.16. The average molecular weight is 227 g/mol. The molecule has 0 unspecified atom stereocenters. The molecule has 0 spiro atoms. The Morgan fingerprint density at radius 2 is 2.06 bits per heavy atom. The zero-order chi connectivity index (χ0) is 11.7. The molecule has 7 heteroatoms. The van der Waals surface area contributed by atoms with E-state index in [1.54, 1.807) is 0 Å². The van der Waals surface area contributed by atoms with E-state index in [1.165, 1.54) is 0 Å². The first-order valence-electron chi connectivity index (χ1n) is 4.33. The van der Waals surface area contributed by atoms with Gasteiger partial charge >= 0.3 is 0 Å². The molecule has 0 fully saturated rings. The van der Waals surface area contributed by atoms with Crippen LogP contribution in [0.1, 0.15) is 5.89 Å². The number of rotatable bonds is 2. The second-order valence-corrected chi connectivity index (χ2v) is 2.98. The highest BCUT2D eigenvalue weighted by Crippen LogP contribution is 2.27. The van der Waals surface area contributed by atoms with Crippen molar-refractivity contribution < 1.29 is 18.4 Å². The van der Waals surface area contributed by atoms with Gasteiger partial charge in [-0.2, -0.15) is 9.37 Å². The van der Waals surface area contributed by atoms with Crippen molar-refractivity contribution in [3.05, 3.63) is 29.7 Å². The molecule has 16 heavy (non-hydrogen) atoms. The Morgan fingerprint density at radius 3 is 2.69 bits per heavy atom. The highest BCUT2D eigenvalue weighted by Gasteiger charge is 2.18. The van der Waals surface area contributed by atoms with Gasteiger partial charge in [-0.3, -0.25) is 0 Å². The topological polar surface area (TPSA) is 85.2 Å². The van der Waals surface area contributed by atoms with Crippen LogP contribution < -0.4 is 5.73 Å². The first kappa shape index (κ1) is 10.5. The Labute approximate surface area is 88.5 Å². The van der Waals surface area contributed by atoms with Gasteiger partial charge in [0.05, 0.1) is 12.1 Å². The predicted octanol–water partition coefficient (Wildman–Crippen LogP) is 1.18. The van der Waals surface area contributed by atoms with E-state index in [9.17, 15) is 8.78 Å². The highest BCUT2D eigenvalue weighted by atomic mass is 19.2. The van der Waals surface area contributed by atoms with Crippen molar-refractivity contribution in [2.45, 2.75) is 6.54 Å². The SMILES string of the molecule is NCc1nc(-c2ccc(O)c(F)c2F)no1. The number of aromatic nitrogens is 2. The fourth-order valence-corrected chi connectivity index (χ4v) is 1.16. The molecule has 0 aliphatic heterocycles. The lowest BCUT2D eigenvalue weighted by molar-refractivity contribution is 0.380. The molecule has 1 aromatic carbocycles. The molecular formula is C9H7F2N3O2. The molecule has 0 atom stereocenters. The van der Waals surface area contributed by atoms with E-state index >= 15 is 0 Å². The third-order valence-electron chi connectivity index (χ3n) is 1.95. The number of benzene rings is 1. The number of hydrogen-bond acceptors (Lipinski definition) is 5. The summed E-state index contributed by atoms with van der Waals surface area (Å²) in [5.74, 6) is -3.36. The highest BCUT2D eigenvalue weighted by molar-refractivity contribution is 5.57. The number of halogens is 2. The standard InChI is InChI=1S/C9H7F2N3O2/c10-7-4(1-2-5(15)8(7)11)9-13-6(3-12)16-14-9/h1-2,15H,3,12H2. The summed E-state index contributed by atoms with van der Waals surface area (Å²) in [5, 5.41) is 12.4. The zero-order valence-electron chi connectivity index (χ0n) is 7.94. The summed E-state index contributed by atoms with van der Waals surface area (Å²) in [6.45, 7) is 0.00911. The van der Waals surface area contributed by atoms with E-state index in [1.807, 2.05) is 0 Å². The molecule has 0 aliphatic carbocycles. The van der Waals surface area contributed by atoms with E-state index in [-0.39, 0.29) is 23.8 Å². The van der Waals surface area contributed by atoms with Crippen LogP contribution in [0.3, 0.4) is 0 Å². The maximum Gasteiger partial charge on any atom is 0.240 e. The minimum absolute atomic E-state index is 0.00911. The van der Waals surface area contributed by atoms with Crippen molar-refractivity contribution in [3.63, 3.8) is 0 Å². The molecule has 84 valence electrons. The summed E-state index contributed by atoms with van der Waals surface area (Å²) in [6.07, 6.45) is 0. The van der Waals surface area contributed by atoms with Gasteiger partial charge < -0.3 is 15.4 Å². The van der Waals surface area contributed by atoms with E-state index in [0.717, 1.165) is 12.1 Å². The van der Waals surface area contributed by atoms with Crippen LogP contribution in [0.5, 0.6) is 5.75 Å². The summed E-state index contributed by atoms with van der Waals surface area (Å²) in [7, 11) is 0. The summed E-state index contributed by atoms with van der Waals surface area (Å²) in [5.41, 5.74) is 5.03. The molecule has 2 rings (SSSR count). The molecule has 1 aromatic heterocycles. The lowest BCUT2D eigenvalue weighted by atomic mass is 10.2. The van der Waals surface area contributed by atoms with E-state index in [2.05, 4.69) is 14.7 Å². The first-order chi connectivity index (χ1) is 7.63. The van der Waals surface area contributed by atoms with Crippen LogP contribution in [0.2, 0.25) is 0 Å². The van der Waals surface area contributed by atoms with Gasteiger partial charge in [-0.05, 0) is 12.1 Å². The maximum atomic E-state index is 13.4. The molecule has 0 aliphatic rings. The Balaban J connectivity index is 2.52. The van der Waals surface area contributed by atoms with Gasteiger partial charge in [-0.25, -0.2) is 4.39 Å². The molecule has 0 bridgehead atoms. The minimum Gasteiger partial charge on any atom is -0.505 e. The van der Waals surface area contributed by atoms with Crippen LogP contribution >= 0.6 is 0 Å². The van der Waals surface area contributed by atoms with Crippen LogP contribution in [0, 0.1) is 11.6 Å². The lowest BCUT2D eigenvalue weighted by Gasteiger charge is -2.00. The van der Waals surface area contributed by atoms with E-state index in [4.69, 9.17) is 10.8 Å². The maximum absolute atomic E-state index is 13.4. The molecule has 0 saturated carbocycles. The summed E-state index contributed by atoms with van der Waals surface area (Å²) < 4.78 is 31.1. The normalized spacial score (nSPS) is 10.7. The van der Waals surface area contributed by atoms with Crippen LogP contribution in [0.15, 0.2) is 16.7 Å². The van der Waals surface area contributed by atoms with Crippen LogP contribution in [0.4, 0.5) is 8.78 Å². The van der Waals surface area contributed by atoms with Crippen molar-refractivity contribution in [1.29, 1.82) is 0 Å². The Hall–Kier alpha value is -2.02. The number of phenols is 1. The first-order valence-corrected chi connectivity index (χ1v) is 4.33. The molecular weight excluding hydrogens is 220 g/mol. The van der Waals surface area contributed by atoms with Crippen LogP contribution in [0.25, 0.3) is 11.4 Å². The Kier molecular flexibility index (Phi) is 2.53. The molecule has 1 heterocycles. The molecule has 3 N–H and O–H groups in total. The van der Waals surface area contributed by atoms with Crippen LogP contribution in [-0.4, -0.2) is 15.2 Å². The van der Waals surface area contributed by atoms with Gasteiger partial charge in [0.2, 0.25) is 17.5 Å². The summed E-state index contributed by atoms with van der Waals surface area (Å²) in [4.78, 5) is 3.74. The van der Waals surface area contributed by atoms with Gasteiger partial charge in [-0.15, -0.1) is 0 Å². The fraction of sp³-hybridized carbons (Fsp3) is 0.111. The molecule has 5 nitrogen and oxygen atoms in total. The molecule has 0 saturated heterocycles. The monoisotopic (exact) mass is 227 g/mol. The molecule has 2 aromatic rings. The number of nitrogens with zero attached hydrogens (tertiary/aromatic N) is 2. The Morgan fingerprint density at radius 1 is 1.31 bits per heavy atom. The number of nitrogens with two attached hydrogens (primary N) is 1. The number of hydrogen-bond donors (Lipinski definition) is 2. The van der Waals surface area contributed by atoms with Crippen molar-refractivity contribution in [2.24, 2.45) is 5.73 Å². The van der Waals surface area contributed by atoms with Gasteiger partial charge in [0, 0.05) is 0 Å². The summed E-state index contributed by atoms with van der Waals surface area (Å²) in [6, 6.07) is 2.16. The van der Waals surface area contributed by atoms with Gasteiger partial charge in [0.15, 0.2) is 11.6 Å². The predicted molar refractivity (Wildman–Crippen MR) is 49.2 cm³/mol. The minimum atomic E-state index is -1.35. The van der Waals surface area contributed by atoms with E-state index in [0.29, 0.717) is 0 Å². The third kappa shape index (κ3) is 1.61. The largest absolute Gasteiger partial charge is 0.505 e. The molecule has 0 amide bonds. The average Bonchev–Trinajstić information content (AvgIpc) is 2.74. The summed E-state index contributed by atoms with van der Waals surface area (Å²) >= 11 is 0. The third-order valence-corrected chi connectivity index (χ3v) is 1.95. The van der Waals surface area contributed by atoms with Crippen LogP contribution in [-0.2, 0) is 6.54 Å². The van der Waals surface area contributed by atoms with Gasteiger partial charge in [0.25, 0.3) is 0 Å². The van der Waals surface area contributed by atoms with Crippen molar-refractivity contribution in [1.82, 2.24) is 10.1 Å². The van der Waals surface area contributed by atoms with Gasteiger partial charge in [-0.1, -0.05) is 5.16 Å². The van der Waals surface area contributed by atoms with Crippen molar-refractivity contribution in [2.75, 3.05) is 0 Å². The number of phenolic OH excluding ortho intramolecular Hbond substituents is 1. The Bertz CT molecular complexity index is 527. The zero-order valence-corrected chi connectivity index (χ0v) is 7.94. The quantitative estimate of drug-likeness (QED) is 0.804. The van der Waals surface area contributed by atoms with Crippen molar-refractivity contribution >= 4 is 0 Å². The van der Waals surface area contributed by atoms with Crippen molar-refractivity contribution in [3.8, 4) is 17.1 Å². The van der Waals surface area contributed by atoms with E-state index < -0.39 is 17.4 Å².